The number of halogens is 2. The number of aryl methyl sites for hydroxylation is 1. The summed E-state index contributed by atoms with van der Waals surface area (Å²) in [4.78, 5) is 56.1. The summed E-state index contributed by atoms with van der Waals surface area (Å²) in [5.41, 5.74) is 15.7. The first-order valence-corrected chi connectivity index (χ1v) is 14.4. The van der Waals surface area contributed by atoms with E-state index < -0.39 is 35.0 Å². The van der Waals surface area contributed by atoms with Crippen LogP contribution in [0.1, 0.15) is 40.3 Å². The minimum absolute atomic E-state index is 0.0597. The molecule has 4 aromatic rings. The highest BCUT2D eigenvalue weighted by molar-refractivity contribution is 9.10. The van der Waals surface area contributed by atoms with Crippen molar-refractivity contribution in [1.82, 2.24) is 29.6 Å². The second-order valence-corrected chi connectivity index (χ2v) is 11.7. The van der Waals surface area contributed by atoms with E-state index in [1.54, 1.807) is 37.3 Å². The van der Waals surface area contributed by atoms with Gasteiger partial charge in [0.25, 0.3) is 5.91 Å². The lowest BCUT2D eigenvalue weighted by Gasteiger charge is -2.27. The molecule has 0 radical (unpaired) electrons. The zero-order valence-electron chi connectivity index (χ0n) is 23.6. The first-order valence-electron chi connectivity index (χ1n) is 13.6. The maximum Gasteiger partial charge on any atom is 0.269 e. The van der Waals surface area contributed by atoms with Gasteiger partial charge in [0, 0.05) is 33.9 Å². The largest absolute Gasteiger partial charge is 0.364 e. The number of carbonyl (C=O) groups is 3. The van der Waals surface area contributed by atoms with E-state index in [0.717, 1.165) is 18.0 Å². The number of benzene rings is 1. The third-order valence-corrected chi connectivity index (χ3v) is 8.41. The summed E-state index contributed by atoms with van der Waals surface area (Å²) in [5, 5.41) is 11.3. The zero-order chi connectivity index (χ0) is 31.9. The monoisotopic (exact) mass is 671 g/mol. The van der Waals surface area contributed by atoms with Gasteiger partial charge in [-0.2, -0.15) is 5.10 Å². The van der Waals surface area contributed by atoms with Gasteiger partial charge in [0.15, 0.2) is 11.5 Å². The standard InChI is InChI=1S/C29H23BrFN11O3/c1-15-2-6-22(30)37-27(15)38-28(45)20-9-29(14-36-40-33)10-21(29)42(20)24(43)13-41-19-5-3-16(8-18(19)25(39-41)26(32)44)4-7-23-34-11-17(31)12-35-23/h2-3,5-6,8,11-12,20-21H,9-10,13-14H2,1H3,(H2,32,44)(H,37,38,45)/t20-,21+,29-/m0/s1. The number of primary amides is 1. The molecule has 1 aliphatic heterocycles. The minimum atomic E-state index is -0.849. The highest BCUT2D eigenvalue weighted by Crippen LogP contribution is 2.60. The van der Waals surface area contributed by atoms with Gasteiger partial charge >= 0.3 is 0 Å². The zero-order valence-corrected chi connectivity index (χ0v) is 25.2. The maximum atomic E-state index is 13.9. The molecule has 0 spiro atoms. The van der Waals surface area contributed by atoms with Gasteiger partial charge in [-0.1, -0.05) is 17.1 Å². The van der Waals surface area contributed by atoms with Gasteiger partial charge in [-0.3, -0.25) is 19.1 Å². The van der Waals surface area contributed by atoms with Crippen LogP contribution in [0.25, 0.3) is 21.3 Å². The topological polar surface area (TPSA) is 198 Å². The summed E-state index contributed by atoms with van der Waals surface area (Å²) in [6.45, 7) is 1.67. The molecule has 16 heteroatoms. The van der Waals surface area contributed by atoms with Crippen molar-refractivity contribution in [3.05, 3.63) is 86.2 Å². The molecule has 1 saturated carbocycles. The summed E-state index contributed by atoms with van der Waals surface area (Å²) in [7, 11) is 0. The van der Waals surface area contributed by atoms with E-state index >= 15 is 0 Å². The number of hydrogen-bond donors (Lipinski definition) is 2. The fourth-order valence-electron chi connectivity index (χ4n) is 5.72. The Kier molecular flexibility index (Phi) is 7.65. The van der Waals surface area contributed by atoms with Crippen molar-refractivity contribution in [1.29, 1.82) is 0 Å². The van der Waals surface area contributed by atoms with Crippen LogP contribution in [0.3, 0.4) is 0 Å². The van der Waals surface area contributed by atoms with Crippen molar-refractivity contribution < 1.29 is 18.8 Å². The van der Waals surface area contributed by atoms with Crippen LogP contribution in [-0.4, -0.2) is 66.0 Å². The molecule has 6 rings (SSSR count). The van der Waals surface area contributed by atoms with Crippen molar-refractivity contribution in [3.8, 4) is 11.8 Å². The van der Waals surface area contributed by atoms with Crippen LogP contribution in [0.5, 0.6) is 0 Å². The van der Waals surface area contributed by atoms with Gasteiger partial charge in [0.2, 0.25) is 17.6 Å². The molecule has 3 aromatic heterocycles. The normalized spacial score (nSPS) is 19.7. The smallest absolute Gasteiger partial charge is 0.269 e. The highest BCUT2D eigenvalue weighted by Gasteiger charge is 2.66. The van der Waals surface area contributed by atoms with E-state index in [1.807, 2.05) is 0 Å². The third kappa shape index (κ3) is 5.78. The number of nitrogens with one attached hydrogen (secondary N) is 1. The van der Waals surface area contributed by atoms with Crippen molar-refractivity contribution in [2.45, 2.75) is 38.4 Å². The lowest BCUT2D eigenvalue weighted by Crippen LogP contribution is -2.47. The van der Waals surface area contributed by atoms with Gasteiger partial charge in [-0.05, 0) is 77.0 Å². The number of nitrogens with two attached hydrogens (primary N) is 1. The molecule has 3 atom stereocenters. The number of rotatable bonds is 7. The molecule has 45 heavy (non-hydrogen) atoms. The van der Waals surface area contributed by atoms with E-state index in [-0.39, 0.29) is 30.6 Å². The molecular formula is C29H23BrFN11O3. The summed E-state index contributed by atoms with van der Waals surface area (Å²) in [6, 6.07) is 7.32. The second-order valence-electron chi connectivity index (χ2n) is 10.9. The van der Waals surface area contributed by atoms with Gasteiger partial charge < -0.3 is 16.0 Å². The average molecular weight is 672 g/mol. The Morgan fingerprint density at radius 1 is 1.22 bits per heavy atom. The molecule has 14 nitrogen and oxygen atoms in total. The molecule has 4 heterocycles. The van der Waals surface area contributed by atoms with Crippen LogP contribution in [0.15, 0.2) is 52.4 Å². The fourth-order valence-corrected chi connectivity index (χ4v) is 6.03. The van der Waals surface area contributed by atoms with E-state index in [0.29, 0.717) is 39.7 Å². The number of hydrogen-bond acceptors (Lipinski definition) is 8. The SMILES string of the molecule is Cc1ccc(Br)nc1NC(=O)[C@@H]1C[C@@]2(CN=[N+]=[N-])C[C@H]2N1C(=O)Cn1nc(C(N)=O)c2cc(C#Cc3ncc(F)cn3)ccc21. The first kappa shape index (κ1) is 29.7. The quantitative estimate of drug-likeness (QED) is 0.0987. The first-order chi connectivity index (χ1) is 21.6. The van der Waals surface area contributed by atoms with Crippen molar-refractivity contribution in [2.75, 3.05) is 11.9 Å². The molecule has 3 amide bonds. The Balaban J connectivity index is 1.29. The molecule has 1 saturated heterocycles. The van der Waals surface area contributed by atoms with Crippen molar-refractivity contribution in [2.24, 2.45) is 16.3 Å². The fraction of sp³-hybridized carbons (Fsp3) is 0.276. The molecule has 0 bridgehead atoms. The molecular weight excluding hydrogens is 649 g/mol. The Bertz CT molecular complexity index is 2000. The number of fused-ring (bicyclic) bond motifs is 2. The van der Waals surface area contributed by atoms with E-state index in [4.69, 9.17) is 11.3 Å². The molecule has 1 aromatic carbocycles. The summed E-state index contributed by atoms with van der Waals surface area (Å²) in [5.74, 6) is 3.85. The molecule has 226 valence electrons. The van der Waals surface area contributed by atoms with Crippen LogP contribution >= 0.6 is 15.9 Å². The number of nitrogens with zero attached hydrogens (tertiary/aromatic N) is 9. The molecule has 3 N–H and O–H groups in total. The van der Waals surface area contributed by atoms with E-state index in [2.05, 4.69) is 63.2 Å². The lowest BCUT2D eigenvalue weighted by molar-refractivity contribution is -0.138. The van der Waals surface area contributed by atoms with Gasteiger partial charge in [-0.25, -0.2) is 19.3 Å². The van der Waals surface area contributed by atoms with Crippen LogP contribution in [0.4, 0.5) is 10.2 Å². The van der Waals surface area contributed by atoms with E-state index in [9.17, 15) is 18.8 Å². The Morgan fingerprint density at radius 3 is 2.73 bits per heavy atom. The van der Waals surface area contributed by atoms with Gasteiger partial charge in [-0.15, -0.1) is 0 Å². The van der Waals surface area contributed by atoms with Crippen LogP contribution in [-0.2, 0) is 16.1 Å². The number of likely N-dealkylation sites (tertiary alicyclic amines) is 1. The molecule has 1 aliphatic carbocycles. The molecule has 0 unspecified atom stereocenters. The van der Waals surface area contributed by atoms with Gasteiger partial charge in [0.1, 0.15) is 23.0 Å². The van der Waals surface area contributed by atoms with Crippen molar-refractivity contribution >= 4 is 50.4 Å². The number of aromatic nitrogens is 5. The van der Waals surface area contributed by atoms with E-state index in [1.165, 1.54) is 9.58 Å². The number of piperidine rings is 1. The summed E-state index contributed by atoms with van der Waals surface area (Å²) >= 11 is 3.31. The predicted molar refractivity (Wildman–Crippen MR) is 162 cm³/mol. The molecule has 2 fully saturated rings. The Hall–Kier alpha value is -5.39. The van der Waals surface area contributed by atoms with Crippen LogP contribution < -0.4 is 11.1 Å². The van der Waals surface area contributed by atoms with Gasteiger partial charge in [0.05, 0.1) is 17.9 Å². The maximum absolute atomic E-state index is 13.9. The number of carbonyl (C=O) groups excluding carboxylic acids is 3. The van der Waals surface area contributed by atoms with Crippen molar-refractivity contribution in [3.63, 3.8) is 0 Å². The highest BCUT2D eigenvalue weighted by atomic mass is 79.9. The second kappa shape index (κ2) is 11.6. The number of pyridine rings is 1. The summed E-state index contributed by atoms with van der Waals surface area (Å²) < 4.78 is 15.0. The minimum Gasteiger partial charge on any atom is -0.364 e. The predicted octanol–water partition coefficient (Wildman–Crippen LogP) is 3.24. The average Bonchev–Trinajstić information content (AvgIpc) is 3.43. The van der Waals surface area contributed by atoms with Crippen LogP contribution in [0, 0.1) is 30.0 Å². The number of anilines is 1. The number of azide groups is 1. The van der Waals surface area contributed by atoms with Crippen LogP contribution in [0.2, 0.25) is 0 Å². The number of amides is 3. The Labute approximate surface area is 263 Å². The lowest BCUT2D eigenvalue weighted by atomic mass is 9.99. The molecule has 2 aliphatic rings. The third-order valence-electron chi connectivity index (χ3n) is 7.97. The Morgan fingerprint density at radius 2 is 2.00 bits per heavy atom. The summed E-state index contributed by atoms with van der Waals surface area (Å²) in [6.07, 6.45) is 2.90.